The lowest BCUT2D eigenvalue weighted by molar-refractivity contribution is -0.143. The minimum Gasteiger partial charge on any atom is -0.340 e. The second-order valence-electron chi connectivity index (χ2n) is 5.19. The molecule has 4 nitrogen and oxygen atoms in total. The summed E-state index contributed by atoms with van der Waals surface area (Å²) in [5.41, 5.74) is 0. The van der Waals surface area contributed by atoms with Crippen LogP contribution in [0.2, 0.25) is 0 Å². The number of carbonyl (C=O) groups excluding carboxylic acids is 1. The molecule has 0 radical (unpaired) electrons. The van der Waals surface area contributed by atoms with Gasteiger partial charge in [-0.3, -0.25) is 9.69 Å². The van der Waals surface area contributed by atoms with Gasteiger partial charge in [0.05, 0.1) is 0 Å². The molecule has 0 unspecified atom stereocenters. The summed E-state index contributed by atoms with van der Waals surface area (Å²) in [5, 5.41) is 0. The summed E-state index contributed by atoms with van der Waals surface area (Å²) in [7, 11) is 0. The van der Waals surface area contributed by atoms with Crippen LogP contribution in [-0.2, 0) is 9.74 Å². The first-order valence-electron chi connectivity index (χ1n) is 6.46. The molecule has 2 rings (SSSR count). The average Bonchev–Trinajstić information content (AvgIpc) is 3.11. The molecule has 98 valence electrons. The van der Waals surface area contributed by atoms with E-state index in [0.29, 0.717) is 24.4 Å². The van der Waals surface area contributed by atoms with E-state index in [1.165, 1.54) is 12.8 Å². The van der Waals surface area contributed by atoms with Gasteiger partial charge in [0.25, 0.3) is 0 Å². The minimum atomic E-state index is 0.111. The summed E-state index contributed by atoms with van der Waals surface area (Å²) in [6, 6.07) is 0.294. The van der Waals surface area contributed by atoms with E-state index in [1.54, 1.807) is 0 Å². The van der Waals surface area contributed by atoms with Crippen LogP contribution in [0, 0.1) is 5.92 Å². The summed E-state index contributed by atoms with van der Waals surface area (Å²) in [6.07, 6.45) is 3.16. The fourth-order valence-corrected chi connectivity index (χ4v) is 2.40. The first kappa shape index (κ1) is 12.8. The van der Waals surface area contributed by atoms with Crippen molar-refractivity contribution in [2.45, 2.75) is 32.2 Å². The highest BCUT2D eigenvalue weighted by Crippen LogP contribution is 2.33. The van der Waals surface area contributed by atoms with Crippen molar-refractivity contribution < 1.29 is 14.3 Å². The van der Waals surface area contributed by atoms with Crippen LogP contribution in [0.4, 0.5) is 4.53 Å². The fourth-order valence-electron chi connectivity index (χ4n) is 2.40. The zero-order chi connectivity index (χ0) is 12.3. The maximum atomic E-state index is 11.9. The van der Waals surface area contributed by atoms with E-state index in [9.17, 15) is 9.32 Å². The second-order valence-corrected chi connectivity index (χ2v) is 5.19. The van der Waals surface area contributed by atoms with Crippen LogP contribution in [-0.4, -0.2) is 54.5 Å². The van der Waals surface area contributed by atoms with Gasteiger partial charge in [0.15, 0.2) is 0 Å². The van der Waals surface area contributed by atoms with Crippen molar-refractivity contribution >= 4 is 5.91 Å². The molecular weight excluding hydrogens is 223 g/mol. The standard InChI is InChI=1S/C12H21FN2O2/c1-10-9-15(12(16)8-11-2-3-11)5-4-14(10)6-7-17-13/h10-11H,2-9H2,1H3/t10-/m0/s1. The Kier molecular flexibility index (Phi) is 4.34. The molecule has 1 heterocycles. The third-order valence-electron chi connectivity index (χ3n) is 3.73. The molecule has 0 aromatic heterocycles. The lowest BCUT2D eigenvalue weighted by atomic mass is 10.1. The molecule has 0 aromatic rings. The molecule has 1 saturated heterocycles. The van der Waals surface area contributed by atoms with Crippen molar-refractivity contribution in [3.05, 3.63) is 0 Å². The van der Waals surface area contributed by atoms with Crippen molar-refractivity contribution in [2.24, 2.45) is 5.92 Å². The molecule has 0 aromatic carbocycles. The van der Waals surface area contributed by atoms with Crippen molar-refractivity contribution in [1.82, 2.24) is 9.80 Å². The average molecular weight is 244 g/mol. The van der Waals surface area contributed by atoms with Crippen LogP contribution in [0.3, 0.4) is 0 Å². The highest BCUT2D eigenvalue weighted by molar-refractivity contribution is 5.76. The number of halogens is 1. The van der Waals surface area contributed by atoms with Crippen LogP contribution < -0.4 is 0 Å². The monoisotopic (exact) mass is 244 g/mol. The SMILES string of the molecule is C[C@H]1CN(C(=O)CC2CC2)CCN1CCOF. The summed E-state index contributed by atoms with van der Waals surface area (Å²) in [4.78, 5) is 19.7. The molecule has 0 bridgehead atoms. The Morgan fingerprint density at radius 1 is 1.41 bits per heavy atom. The van der Waals surface area contributed by atoms with Crippen LogP contribution in [0.25, 0.3) is 0 Å². The summed E-state index contributed by atoms with van der Waals surface area (Å²) >= 11 is 0. The number of hydrogen-bond donors (Lipinski definition) is 0. The lowest BCUT2D eigenvalue weighted by Crippen LogP contribution is -2.54. The first-order chi connectivity index (χ1) is 8.20. The van der Waals surface area contributed by atoms with E-state index >= 15 is 0 Å². The van der Waals surface area contributed by atoms with E-state index in [-0.39, 0.29) is 6.61 Å². The van der Waals surface area contributed by atoms with Crippen LogP contribution >= 0.6 is 0 Å². The molecule has 17 heavy (non-hydrogen) atoms. The third-order valence-corrected chi connectivity index (χ3v) is 3.73. The maximum Gasteiger partial charge on any atom is 0.222 e. The molecule has 1 atom stereocenters. The van der Waals surface area contributed by atoms with E-state index in [1.807, 2.05) is 4.90 Å². The number of carbonyl (C=O) groups is 1. The van der Waals surface area contributed by atoms with Gasteiger partial charge in [0.2, 0.25) is 5.91 Å². The summed E-state index contributed by atoms with van der Waals surface area (Å²) in [6.45, 7) is 5.14. The van der Waals surface area contributed by atoms with Crippen molar-refractivity contribution in [2.75, 3.05) is 32.8 Å². The summed E-state index contributed by atoms with van der Waals surface area (Å²) < 4.78 is 11.6. The van der Waals surface area contributed by atoms with Gasteiger partial charge in [0, 0.05) is 38.6 Å². The Balaban J connectivity index is 1.75. The molecular formula is C12H21FN2O2. The van der Waals surface area contributed by atoms with E-state index < -0.39 is 0 Å². The predicted octanol–water partition coefficient (Wildman–Crippen LogP) is 1.22. The Bertz CT molecular complexity index is 271. The van der Waals surface area contributed by atoms with E-state index in [0.717, 1.165) is 26.1 Å². The number of piperazine rings is 1. The van der Waals surface area contributed by atoms with Crippen molar-refractivity contribution in [3.63, 3.8) is 0 Å². The van der Waals surface area contributed by atoms with Crippen LogP contribution in [0.15, 0.2) is 0 Å². The molecule has 0 spiro atoms. The molecule has 1 saturated carbocycles. The minimum absolute atomic E-state index is 0.111. The molecule has 1 amide bonds. The lowest BCUT2D eigenvalue weighted by Gasteiger charge is -2.39. The number of nitrogens with zero attached hydrogens (tertiary/aromatic N) is 2. The van der Waals surface area contributed by atoms with Gasteiger partial charge in [0.1, 0.15) is 6.61 Å². The first-order valence-corrected chi connectivity index (χ1v) is 6.46. The Morgan fingerprint density at radius 3 is 2.76 bits per heavy atom. The number of rotatable bonds is 5. The van der Waals surface area contributed by atoms with Gasteiger partial charge in [-0.1, -0.05) is 0 Å². The summed E-state index contributed by atoms with van der Waals surface area (Å²) in [5.74, 6) is 0.941. The Labute approximate surface area is 102 Å². The highest BCUT2D eigenvalue weighted by atomic mass is 19.3. The molecule has 1 aliphatic carbocycles. The largest absolute Gasteiger partial charge is 0.340 e. The smallest absolute Gasteiger partial charge is 0.222 e. The predicted molar refractivity (Wildman–Crippen MR) is 62.0 cm³/mol. The maximum absolute atomic E-state index is 11.9. The van der Waals surface area contributed by atoms with Crippen molar-refractivity contribution in [1.29, 1.82) is 0 Å². The Hall–Kier alpha value is -0.680. The van der Waals surface area contributed by atoms with E-state index in [2.05, 4.69) is 16.8 Å². The quantitative estimate of drug-likeness (QED) is 0.729. The highest BCUT2D eigenvalue weighted by Gasteiger charge is 2.30. The van der Waals surface area contributed by atoms with Crippen molar-refractivity contribution in [3.8, 4) is 0 Å². The van der Waals surface area contributed by atoms with E-state index in [4.69, 9.17) is 0 Å². The van der Waals surface area contributed by atoms with Crippen LogP contribution in [0.1, 0.15) is 26.2 Å². The molecule has 1 aliphatic heterocycles. The fraction of sp³-hybridized carbons (Fsp3) is 0.917. The van der Waals surface area contributed by atoms with Gasteiger partial charge in [-0.25, -0.2) is 0 Å². The molecule has 0 N–H and O–H groups in total. The van der Waals surface area contributed by atoms with Gasteiger partial charge < -0.3 is 4.90 Å². The van der Waals surface area contributed by atoms with Gasteiger partial charge in [-0.2, -0.15) is 4.94 Å². The topological polar surface area (TPSA) is 32.8 Å². The molecule has 2 aliphatic rings. The van der Waals surface area contributed by atoms with Gasteiger partial charge >= 0.3 is 0 Å². The molecule has 5 heteroatoms. The van der Waals surface area contributed by atoms with Gasteiger partial charge in [-0.15, -0.1) is 0 Å². The normalized spacial score (nSPS) is 26.2. The zero-order valence-electron chi connectivity index (χ0n) is 10.4. The number of amides is 1. The second kappa shape index (κ2) is 5.78. The molecule has 2 fully saturated rings. The third kappa shape index (κ3) is 3.64. The van der Waals surface area contributed by atoms with Crippen LogP contribution in [0.5, 0.6) is 0 Å². The Morgan fingerprint density at radius 2 is 2.18 bits per heavy atom. The number of hydrogen-bond acceptors (Lipinski definition) is 3. The van der Waals surface area contributed by atoms with Gasteiger partial charge in [-0.05, 0) is 30.2 Å². The zero-order valence-corrected chi connectivity index (χ0v) is 10.4.